The second-order valence-corrected chi connectivity index (χ2v) is 7.96. The van der Waals surface area contributed by atoms with E-state index in [2.05, 4.69) is 11.2 Å². The highest BCUT2D eigenvalue weighted by Crippen LogP contribution is 2.26. The lowest BCUT2D eigenvalue weighted by molar-refractivity contribution is -0.153. The summed E-state index contributed by atoms with van der Waals surface area (Å²) in [5, 5.41) is 15.1. The fourth-order valence-corrected chi connectivity index (χ4v) is 3.33. The molecule has 150 valence electrons. The maximum Gasteiger partial charge on any atom is 0.310 e. The van der Waals surface area contributed by atoms with Gasteiger partial charge in [0.2, 0.25) is 0 Å². The number of nitriles is 1. The van der Waals surface area contributed by atoms with Crippen LogP contribution >= 0.6 is 0 Å². The summed E-state index contributed by atoms with van der Waals surface area (Å²) >= 11 is 0. The Balaban J connectivity index is 1.98. The molecule has 6 heteroatoms. The molecule has 0 bridgehead atoms. The smallest absolute Gasteiger partial charge is 0.310 e. The predicted octanol–water partition coefficient (Wildman–Crippen LogP) is 4.16. The molecule has 1 heterocycles. The number of hydrogen-bond acceptors (Lipinski definition) is 5. The highest BCUT2D eigenvalue weighted by Gasteiger charge is 2.18. The van der Waals surface area contributed by atoms with Crippen molar-refractivity contribution in [3.05, 3.63) is 58.8 Å². The molecule has 0 N–H and O–H groups in total. The molecule has 6 nitrogen and oxygen atoms in total. The molecule has 1 aromatic heterocycles. The van der Waals surface area contributed by atoms with Gasteiger partial charge in [-0.2, -0.15) is 10.4 Å². The first-order valence-corrected chi connectivity index (χ1v) is 9.45. The highest BCUT2D eigenvalue weighted by molar-refractivity contribution is 5.84. The van der Waals surface area contributed by atoms with E-state index in [9.17, 15) is 10.1 Å². The molecule has 0 radical (unpaired) electrons. The Bertz CT molecular complexity index is 1100. The van der Waals surface area contributed by atoms with Crippen molar-refractivity contribution in [2.45, 2.75) is 46.3 Å². The van der Waals surface area contributed by atoms with Gasteiger partial charge in [-0.3, -0.25) is 9.48 Å². The van der Waals surface area contributed by atoms with Crippen molar-refractivity contribution in [3.8, 4) is 11.8 Å². The van der Waals surface area contributed by atoms with Crippen LogP contribution in [0.3, 0.4) is 0 Å². The molecule has 29 heavy (non-hydrogen) atoms. The minimum Gasteiger partial charge on any atom is -0.496 e. The summed E-state index contributed by atoms with van der Waals surface area (Å²) in [6, 6.07) is 13.5. The Labute approximate surface area is 170 Å². The molecule has 0 spiro atoms. The monoisotopic (exact) mass is 391 g/mol. The third kappa shape index (κ3) is 4.57. The van der Waals surface area contributed by atoms with E-state index in [0.29, 0.717) is 17.9 Å². The second kappa shape index (κ2) is 7.96. The van der Waals surface area contributed by atoms with Gasteiger partial charge in [0, 0.05) is 10.9 Å². The van der Waals surface area contributed by atoms with Crippen molar-refractivity contribution in [1.29, 1.82) is 5.26 Å². The molecular weight excluding hydrogens is 366 g/mol. The van der Waals surface area contributed by atoms with Crippen LogP contribution in [-0.4, -0.2) is 28.5 Å². The Morgan fingerprint density at radius 2 is 2.00 bits per heavy atom. The van der Waals surface area contributed by atoms with Crippen molar-refractivity contribution in [2.24, 2.45) is 0 Å². The van der Waals surface area contributed by atoms with Crippen LogP contribution in [-0.2, 0) is 22.5 Å². The molecule has 2 aromatic carbocycles. The fourth-order valence-electron chi connectivity index (χ4n) is 3.33. The van der Waals surface area contributed by atoms with Crippen LogP contribution in [0.4, 0.5) is 0 Å². The fraction of sp³-hybridized carbons (Fsp3) is 0.348. The molecular formula is C23H25N3O3. The number of fused-ring (bicyclic) bond motifs is 1. The van der Waals surface area contributed by atoms with Gasteiger partial charge < -0.3 is 9.47 Å². The predicted molar refractivity (Wildman–Crippen MR) is 111 cm³/mol. The average molecular weight is 391 g/mol. The SMILES string of the molecule is COc1cccc(C#N)c1Cn1nc(C)c2ccc(CC(=O)OC(C)(C)C)cc21. The van der Waals surface area contributed by atoms with Crippen molar-refractivity contribution in [1.82, 2.24) is 9.78 Å². The first kappa shape index (κ1) is 20.4. The number of nitrogens with zero attached hydrogens (tertiary/aromatic N) is 3. The van der Waals surface area contributed by atoms with Gasteiger partial charge in [-0.15, -0.1) is 0 Å². The second-order valence-electron chi connectivity index (χ2n) is 7.96. The summed E-state index contributed by atoms with van der Waals surface area (Å²) in [6.45, 7) is 7.90. The first-order chi connectivity index (χ1) is 13.7. The third-order valence-corrected chi connectivity index (χ3v) is 4.55. The number of esters is 1. The van der Waals surface area contributed by atoms with Gasteiger partial charge in [0.15, 0.2) is 0 Å². The van der Waals surface area contributed by atoms with Crippen LogP contribution in [0, 0.1) is 18.3 Å². The number of carbonyl (C=O) groups excluding carboxylic acids is 1. The average Bonchev–Trinajstić information content (AvgIpc) is 2.95. The van der Waals surface area contributed by atoms with Gasteiger partial charge in [0.25, 0.3) is 0 Å². The number of rotatable bonds is 5. The number of aryl methyl sites for hydroxylation is 1. The molecule has 0 fully saturated rings. The molecule has 0 amide bonds. The van der Waals surface area contributed by atoms with Gasteiger partial charge in [0.05, 0.1) is 42.9 Å². The van der Waals surface area contributed by atoms with Crippen LogP contribution in [0.2, 0.25) is 0 Å². The normalized spacial score (nSPS) is 11.3. The molecule has 0 aliphatic heterocycles. The largest absolute Gasteiger partial charge is 0.496 e. The molecule has 0 aliphatic rings. The highest BCUT2D eigenvalue weighted by atomic mass is 16.6. The minimum absolute atomic E-state index is 0.190. The number of carbonyl (C=O) groups is 1. The molecule has 3 aromatic rings. The van der Waals surface area contributed by atoms with Gasteiger partial charge >= 0.3 is 5.97 Å². The maximum absolute atomic E-state index is 12.2. The van der Waals surface area contributed by atoms with Crippen molar-refractivity contribution >= 4 is 16.9 Å². The number of hydrogen-bond donors (Lipinski definition) is 0. The van der Waals surface area contributed by atoms with E-state index in [1.54, 1.807) is 19.2 Å². The molecule has 0 atom stereocenters. The number of ether oxygens (including phenoxy) is 2. The topological polar surface area (TPSA) is 77.1 Å². The van der Waals surface area contributed by atoms with E-state index in [-0.39, 0.29) is 12.4 Å². The third-order valence-electron chi connectivity index (χ3n) is 4.55. The molecule has 0 aliphatic carbocycles. The standard InChI is InChI=1S/C23H25N3O3/c1-15-18-10-9-16(12-22(27)29-23(2,3)4)11-20(18)26(25-15)14-19-17(13-24)7-6-8-21(19)28-5/h6-11H,12,14H2,1-5H3. The van der Waals surface area contributed by atoms with Gasteiger partial charge in [-0.05, 0) is 51.5 Å². The maximum atomic E-state index is 12.2. The van der Waals surface area contributed by atoms with Crippen molar-refractivity contribution < 1.29 is 14.3 Å². The van der Waals surface area contributed by atoms with E-state index in [1.807, 2.05) is 56.6 Å². The van der Waals surface area contributed by atoms with Crippen LogP contribution in [0.1, 0.15) is 43.2 Å². The zero-order chi connectivity index (χ0) is 21.2. The van der Waals surface area contributed by atoms with Crippen molar-refractivity contribution in [3.63, 3.8) is 0 Å². The van der Waals surface area contributed by atoms with Crippen LogP contribution in [0.5, 0.6) is 5.75 Å². The van der Waals surface area contributed by atoms with E-state index in [0.717, 1.165) is 27.7 Å². The Kier molecular flexibility index (Phi) is 5.60. The zero-order valence-electron chi connectivity index (χ0n) is 17.4. The number of methoxy groups -OCH3 is 1. The summed E-state index contributed by atoms with van der Waals surface area (Å²) < 4.78 is 12.7. The first-order valence-electron chi connectivity index (χ1n) is 9.45. The van der Waals surface area contributed by atoms with E-state index < -0.39 is 5.60 Å². The van der Waals surface area contributed by atoms with Crippen molar-refractivity contribution in [2.75, 3.05) is 7.11 Å². The van der Waals surface area contributed by atoms with Crippen LogP contribution in [0.15, 0.2) is 36.4 Å². The van der Waals surface area contributed by atoms with E-state index >= 15 is 0 Å². The lowest BCUT2D eigenvalue weighted by Gasteiger charge is -2.19. The van der Waals surface area contributed by atoms with Crippen LogP contribution in [0.25, 0.3) is 10.9 Å². The molecule has 0 saturated heterocycles. The van der Waals surface area contributed by atoms with E-state index in [4.69, 9.17) is 9.47 Å². The Morgan fingerprint density at radius 1 is 1.24 bits per heavy atom. The quantitative estimate of drug-likeness (QED) is 0.611. The molecule has 3 rings (SSSR count). The lowest BCUT2D eigenvalue weighted by Crippen LogP contribution is -2.24. The molecule has 0 unspecified atom stereocenters. The Morgan fingerprint density at radius 3 is 2.66 bits per heavy atom. The summed E-state index contributed by atoms with van der Waals surface area (Å²) in [5.74, 6) is 0.381. The minimum atomic E-state index is -0.517. The lowest BCUT2D eigenvalue weighted by atomic mass is 10.1. The van der Waals surface area contributed by atoms with E-state index in [1.165, 1.54) is 0 Å². The Hall–Kier alpha value is -3.33. The van der Waals surface area contributed by atoms with Gasteiger partial charge in [-0.25, -0.2) is 0 Å². The summed E-state index contributed by atoms with van der Waals surface area (Å²) in [6.07, 6.45) is 0.190. The van der Waals surface area contributed by atoms with Gasteiger partial charge in [0.1, 0.15) is 11.4 Å². The van der Waals surface area contributed by atoms with Gasteiger partial charge in [-0.1, -0.05) is 18.2 Å². The zero-order valence-corrected chi connectivity index (χ0v) is 17.4. The molecule has 0 saturated carbocycles. The summed E-state index contributed by atoms with van der Waals surface area (Å²) in [4.78, 5) is 12.2. The summed E-state index contributed by atoms with van der Waals surface area (Å²) in [7, 11) is 1.59. The van der Waals surface area contributed by atoms with Crippen LogP contribution < -0.4 is 4.74 Å². The number of aromatic nitrogens is 2. The number of benzene rings is 2. The summed E-state index contributed by atoms with van der Waals surface area (Å²) in [5.41, 5.74) is 3.45.